The standard InChI is InChI=1S/C28H32ClF2NO3/c1-16(27(33)34)25(19-4-5-19)20-6-3-18-7-8-28(35-24(18)13-20)9-11-32(12-10-28)17(2)22-14-21(30)15-23(31)26(22)29/h3,6,13-17,19,25H,4-5,7-12H2,1-2H3,(H,33,34)/t16-,17?,25-/m0/s1. The molecule has 3 aliphatic rings. The highest BCUT2D eigenvalue weighted by molar-refractivity contribution is 6.31. The van der Waals surface area contributed by atoms with E-state index in [4.69, 9.17) is 16.3 Å². The predicted molar refractivity (Wildman–Crippen MR) is 131 cm³/mol. The number of carbonyl (C=O) groups is 1. The highest BCUT2D eigenvalue weighted by Crippen LogP contribution is 2.49. The summed E-state index contributed by atoms with van der Waals surface area (Å²) in [4.78, 5) is 13.9. The average molecular weight is 504 g/mol. The Balaban J connectivity index is 1.31. The zero-order chi connectivity index (χ0) is 24.9. The molecule has 1 N–H and O–H groups in total. The van der Waals surface area contributed by atoms with E-state index < -0.39 is 23.5 Å². The number of halogens is 3. The topological polar surface area (TPSA) is 49.8 Å². The Morgan fingerprint density at radius 3 is 2.51 bits per heavy atom. The number of hydrogen-bond acceptors (Lipinski definition) is 3. The number of likely N-dealkylation sites (tertiary alicyclic amines) is 1. The first-order chi connectivity index (χ1) is 16.7. The molecule has 5 rings (SSSR count). The number of aryl methyl sites for hydroxylation is 1. The van der Waals surface area contributed by atoms with Gasteiger partial charge in [-0.15, -0.1) is 0 Å². The van der Waals surface area contributed by atoms with Gasteiger partial charge in [0.2, 0.25) is 0 Å². The first-order valence-corrected chi connectivity index (χ1v) is 13.0. The van der Waals surface area contributed by atoms with Crippen molar-refractivity contribution >= 4 is 17.6 Å². The summed E-state index contributed by atoms with van der Waals surface area (Å²) in [5, 5.41) is 9.62. The van der Waals surface area contributed by atoms with Crippen LogP contribution in [-0.2, 0) is 11.2 Å². The number of carboxylic acids is 1. The second-order valence-corrected chi connectivity index (χ2v) is 11.0. The molecule has 188 valence electrons. The molecule has 35 heavy (non-hydrogen) atoms. The number of fused-ring (bicyclic) bond motifs is 1. The van der Waals surface area contributed by atoms with Crippen molar-refractivity contribution in [2.45, 2.75) is 69.9 Å². The van der Waals surface area contributed by atoms with E-state index in [2.05, 4.69) is 23.1 Å². The van der Waals surface area contributed by atoms with E-state index in [1.54, 1.807) is 6.92 Å². The number of nitrogens with zero attached hydrogens (tertiary/aromatic N) is 1. The summed E-state index contributed by atoms with van der Waals surface area (Å²) in [6, 6.07) is 8.22. The van der Waals surface area contributed by atoms with Crippen molar-refractivity contribution in [2.75, 3.05) is 13.1 Å². The van der Waals surface area contributed by atoms with Gasteiger partial charge in [0.25, 0.3) is 0 Å². The van der Waals surface area contributed by atoms with Gasteiger partial charge in [0, 0.05) is 25.2 Å². The molecule has 2 fully saturated rings. The predicted octanol–water partition coefficient (Wildman–Crippen LogP) is 6.75. The quantitative estimate of drug-likeness (QED) is 0.443. The van der Waals surface area contributed by atoms with Crippen LogP contribution in [0.4, 0.5) is 8.78 Å². The molecule has 0 amide bonds. The molecule has 0 aromatic heterocycles. The fraction of sp³-hybridized carbons (Fsp3) is 0.536. The molecule has 1 spiro atoms. The maximum absolute atomic E-state index is 14.0. The Morgan fingerprint density at radius 1 is 1.14 bits per heavy atom. The van der Waals surface area contributed by atoms with Crippen LogP contribution in [0.3, 0.4) is 0 Å². The van der Waals surface area contributed by atoms with Crippen molar-refractivity contribution in [3.05, 3.63) is 63.7 Å². The fourth-order valence-electron chi connectivity index (χ4n) is 6.05. The molecule has 2 heterocycles. The van der Waals surface area contributed by atoms with Crippen LogP contribution in [0.15, 0.2) is 30.3 Å². The maximum atomic E-state index is 14.0. The van der Waals surface area contributed by atoms with Gasteiger partial charge in [-0.1, -0.05) is 30.7 Å². The molecule has 2 aliphatic heterocycles. The van der Waals surface area contributed by atoms with Gasteiger partial charge in [0.15, 0.2) is 0 Å². The Bertz CT molecular complexity index is 1130. The third-order valence-corrected chi connectivity index (χ3v) is 8.84. The number of ether oxygens (including phenoxy) is 1. The highest BCUT2D eigenvalue weighted by atomic mass is 35.5. The third-order valence-electron chi connectivity index (χ3n) is 8.44. The van der Waals surface area contributed by atoms with Gasteiger partial charge in [-0.3, -0.25) is 9.69 Å². The van der Waals surface area contributed by atoms with E-state index in [0.29, 0.717) is 11.5 Å². The summed E-state index contributed by atoms with van der Waals surface area (Å²) < 4.78 is 34.5. The lowest BCUT2D eigenvalue weighted by Gasteiger charge is -2.46. The van der Waals surface area contributed by atoms with E-state index in [1.807, 2.05) is 6.92 Å². The van der Waals surface area contributed by atoms with Crippen LogP contribution in [0.25, 0.3) is 0 Å². The van der Waals surface area contributed by atoms with Gasteiger partial charge in [-0.05, 0) is 86.1 Å². The van der Waals surface area contributed by atoms with Gasteiger partial charge in [0.05, 0.1) is 10.9 Å². The summed E-state index contributed by atoms with van der Waals surface area (Å²) in [7, 11) is 0. The summed E-state index contributed by atoms with van der Waals surface area (Å²) in [5.74, 6) is -1.20. The number of benzene rings is 2. The SMILES string of the molecule is CC(c1cc(F)cc(F)c1Cl)N1CCC2(CCc3ccc([C@H](C4CC4)[C@H](C)C(=O)O)cc3O2)CC1. The van der Waals surface area contributed by atoms with Gasteiger partial charge < -0.3 is 9.84 Å². The maximum Gasteiger partial charge on any atom is 0.306 e. The van der Waals surface area contributed by atoms with Crippen molar-refractivity contribution in [3.8, 4) is 5.75 Å². The summed E-state index contributed by atoms with van der Waals surface area (Å²) in [6.45, 7) is 5.22. The number of piperidine rings is 1. The van der Waals surface area contributed by atoms with Crippen LogP contribution in [0, 0.1) is 23.5 Å². The molecule has 1 saturated carbocycles. The Morgan fingerprint density at radius 2 is 1.86 bits per heavy atom. The van der Waals surface area contributed by atoms with E-state index >= 15 is 0 Å². The molecule has 7 heteroatoms. The first kappa shape index (κ1) is 24.5. The number of aliphatic carboxylic acids is 1. The molecule has 2 aromatic carbocycles. The lowest BCUT2D eigenvalue weighted by Crippen LogP contribution is -2.50. The normalized spacial score (nSPS) is 22.2. The van der Waals surface area contributed by atoms with Crippen LogP contribution >= 0.6 is 11.6 Å². The number of carboxylic acid groups (broad SMARTS) is 1. The highest BCUT2D eigenvalue weighted by Gasteiger charge is 2.42. The molecule has 0 radical (unpaired) electrons. The summed E-state index contributed by atoms with van der Waals surface area (Å²) in [6.07, 6.45) is 5.64. The number of hydrogen-bond donors (Lipinski definition) is 1. The van der Waals surface area contributed by atoms with Crippen LogP contribution in [-0.4, -0.2) is 34.7 Å². The molecule has 2 aromatic rings. The van der Waals surface area contributed by atoms with E-state index in [-0.39, 0.29) is 22.6 Å². The van der Waals surface area contributed by atoms with Crippen LogP contribution in [0.2, 0.25) is 5.02 Å². The molecule has 0 bridgehead atoms. The summed E-state index contributed by atoms with van der Waals surface area (Å²) in [5.41, 5.74) is 2.44. The minimum atomic E-state index is -0.753. The minimum absolute atomic E-state index is 0.0124. The zero-order valence-electron chi connectivity index (χ0n) is 20.2. The zero-order valence-corrected chi connectivity index (χ0v) is 21.0. The molecule has 1 unspecified atom stereocenters. The van der Waals surface area contributed by atoms with E-state index in [1.165, 1.54) is 11.6 Å². The average Bonchev–Trinajstić information content (AvgIpc) is 3.66. The Kier molecular flexibility index (Phi) is 6.56. The monoisotopic (exact) mass is 503 g/mol. The van der Waals surface area contributed by atoms with Crippen molar-refractivity contribution in [1.82, 2.24) is 4.90 Å². The first-order valence-electron chi connectivity index (χ1n) is 12.6. The molecule has 1 aliphatic carbocycles. The minimum Gasteiger partial charge on any atom is -0.487 e. The van der Waals surface area contributed by atoms with Gasteiger partial charge in [-0.2, -0.15) is 0 Å². The van der Waals surface area contributed by atoms with Crippen molar-refractivity contribution < 1.29 is 23.4 Å². The van der Waals surface area contributed by atoms with Gasteiger partial charge in [-0.25, -0.2) is 8.78 Å². The molecular weight excluding hydrogens is 472 g/mol. The fourth-order valence-corrected chi connectivity index (χ4v) is 6.32. The lowest BCUT2D eigenvalue weighted by molar-refractivity contribution is -0.142. The van der Waals surface area contributed by atoms with Gasteiger partial charge >= 0.3 is 5.97 Å². The second kappa shape index (κ2) is 9.36. The van der Waals surface area contributed by atoms with Crippen molar-refractivity contribution in [1.29, 1.82) is 0 Å². The molecule has 1 saturated heterocycles. The van der Waals surface area contributed by atoms with Crippen LogP contribution in [0.1, 0.15) is 74.6 Å². The third kappa shape index (κ3) is 4.79. The molecular formula is C28H32ClF2NO3. The van der Waals surface area contributed by atoms with E-state index in [0.717, 1.165) is 69.0 Å². The smallest absolute Gasteiger partial charge is 0.306 e. The Hall–Kier alpha value is -2.18. The summed E-state index contributed by atoms with van der Waals surface area (Å²) >= 11 is 6.16. The Labute approximate surface area is 210 Å². The largest absolute Gasteiger partial charge is 0.487 e. The van der Waals surface area contributed by atoms with Gasteiger partial charge in [0.1, 0.15) is 23.0 Å². The van der Waals surface area contributed by atoms with Crippen LogP contribution in [0.5, 0.6) is 5.75 Å². The lowest BCUT2D eigenvalue weighted by atomic mass is 9.80. The molecule has 4 nitrogen and oxygen atoms in total. The molecule has 3 atom stereocenters. The van der Waals surface area contributed by atoms with E-state index in [9.17, 15) is 18.7 Å². The van der Waals surface area contributed by atoms with Crippen molar-refractivity contribution in [2.24, 2.45) is 11.8 Å². The van der Waals surface area contributed by atoms with Crippen LogP contribution < -0.4 is 4.74 Å². The van der Waals surface area contributed by atoms with Crippen molar-refractivity contribution in [3.63, 3.8) is 0 Å². The second-order valence-electron chi connectivity index (χ2n) is 10.6. The number of rotatable bonds is 6.